The number of carbonyl (C=O) groups is 1. The zero-order valence-electron chi connectivity index (χ0n) is 12.8. The number of rotatable bonds is 3. The minimum Gasteiger partial charge on any atom is -0.321 e. The fraction of sp³-hybridized carbons (Fsp3) is 0.188. The van der Waals surface area contributed by atoms with Crippen molar-refractivity contribution < 1.29 is 22.0 Å². The molecule has 25 heavy (non-hydrogen) atoms. The van der Waals surface area contributed by atoms with Crippen LogP contribution in [-0.4, -0.2) is 26.6 Å². The first-order chi connectivity index (χ1) is 11.8. The highest BCUT2D eigenvalue weighted by Crippen LogP contribution is 2.31. The summed E-state index contributed by atoms with van der Waals surface area (Å²) in [6.07, 6.45) is 0.515. The lowest BCUT2D eigenvalue weighted by Crippen LogP contribution is -2.25. The van der Waals surface area contributed by atoms with Crippen LogP contribution in [0.1, 0.15) is 16.8 Å². The summed E-state index contributed by atoms with van der Waals surface area (Å²) in [6.45, 7) is 0.348. The third-order valence-electron chi connectivity index (χ3n) is 3.77. The smallest absolute Gasteiger partial charge is 0.255 e. The normalized spacial score (nSPS) is 16.0. The number of carbonyl (C=O) groups excluding carboxylic acids is 1. The van der Waals surface area contributed by atoms with Gasteiger partial charge >= 0.3 is 0 Å². The Labute approximate surface area is 148 Å². The molecule has 1 fully saturated rings. The Balaban J connectivity index is 1.88. The van der Waals surface area contributed by atoms with Gasteiger partial charge in [0.15, 0.2) is 11.6 Å². The van der Waals surface area contributed by atoms with Crippen LogP contribution < -0.4 is 9.62 Å². The van der Waals surface area contributed by atoms with E-state index < -0.39 is 27.6 Å². The summed E-state index contributed by atoms with van der Waals surface area (Å²) < 4.78 is 51.5. The minimum absolute atomic E-state index is 0.0617. The molecule has 0 bridgehead atoms. The molecule has 1 aliphatic rings. The van der Waals surface area contributed by atoms with E-state index in [-0.39, 0.29) is 22.0 Å². The number of anilines is 2. The van der Waals surface area contributed by atoms with E-state index in [1.54, 1.807) is 6.07 Å². The summed E-state index contributed by atoms with van der Waals surface area (Å²) in [5, 5.41) is 2.67. The molecule has 132 valence electrons. The first-order valence-corrected chi connectivity index (χ1v) is 9.33. The van der Waals surface area contributed by atoms with Crippen molar-refractivity contribution in [2.45, 2.75) is 6.42 Å². The van der Waals surface area contributed by atoms with Crippen molar-refractivity contribution >= 4 is 38.9 Å². The molecule has 1 amide bonds. The Hall–Kier alpha value is -2.19. The summed E-state index contributed by atoms with van der Waals surface area (Å²) in [4.78, 5) is 12.2. The zero-order chi connectivity index (χ0) is 18.2. The number of hydrogen-bond donors (Lipinski definition) is 1. The minimum atomic E-state index is -3.37. The van der Waals surface area contributed by atoms with Crippen molar-refractivity contribution in [1.82, 2.24) is 0 Å². The van der Waals surface area contributed by atoms with Gasteiger partial charge in [0.2, 0.25) is 10.0 Å². The van der Waals surface area contributed by atoms with Gasteiger partial charge in [-0.15, -0.1) is 0 Å². The summed E-state index contributed by atoms with van der Waals surface area (Å²) >= 11 is 6.05. The summed E-state index contributed by atoms with van der Waals surface area (Å²) in [7, 11) is -3.37. The zero-order valence-corrected chi connectivity index (χ0v) is 14.4. The van der Waals surface area contributed by atoms with Crippen molar-refractivity contribution in [1.29, 1.82) is 0 Å². The molecule has 1 aliphatic heterocycles. The molecule has 1 saturated heterocycles. The molecule has 5 nitrogen and oxygen atoms in total. The summed E-state index contributed by atoms with van der Waals surface area (Å²) in [6, 6.07) is 7.19. The Morgan fingerprint density at radius 1 is 1.12 bits per heavy atom. The third kappa shape index (κ3) is 3.59. The molecule has 3 rings (SSSR count). The van der Waals surface area contributed by atoms with Crippen LogP contribution in [-0.2, 0) is 10.0 Å². The van der Waals surface area contributed by atoms with Crippen LogP contribution >= 0.6 is 11.6 Å². The van der Waals surface area contributed by atoms with E-state index in [4.69, 9.17) is 11.6 Å². The second-order valence-electron chi connectivity index (χ2n) is 5.49. The Bertz CT molecular complexity index is 950. The topological polar surface area (TPSA) is 66.5 Å². The molecular formula is C16H13ClF2N2O3S. The standard InChI is InChI=1S/C16H13ClF2N2O3S/c17-12-4-3-11(21-6-1-7-25(21,23)24)9-15(12)20-16(22)10-2-5-13(18)14(19)8-10/h2-5,8-9H,1,6-7H2,(H,20,22). The molecule has 2 aromatic carbocycles. The number of benzene rings is 2. The van der Waals surface area contributed by atoms with E-state index in [2.05, 4.69) is 5.32 Å². The van der Waals surface area contributed by atoms with Crippen molar-refractivity contribution in [3.63, 3.8) is 0 Å². The lowest BCUT2D eigenvalue weighted by molar-refractivity contribution is 0.102. The average molecular weight is 387 g/mol. The van der Waals surface area contributed by atoms with Gasteiger partial charge in [-0.2, -0.15) is 0 Å². The van der Waals surface area contributed by atoms with Crippen LogP contribution in [0.5, 0.6) is 0 Å². The number of nitrogens with zero attached hydrogens (tertiary/aromatic N) is 1. The maximum absolute atomic E-state index is 13.3. The van der Waals surface area contributed by atoms with Crippen molar-refractivity contribution in [2.24, 2.45) is 0 Å². The number of sulfonamides is 1. The average Bonchev–Trinajstić information content (AvgIpc) is 2.91. The second kappa shape index (κ2) is 6.61. The summed E-state index contributed by atoms with van der Waals surface area (Å²) in [5.41, 5.74) is 0.465. The fourth-order valence-electron chi connectivity index (χ4n) is 2.53. The van der Waals surface area contributed by atoms with Gasteiger partial charge in [-0.25, -0.2) is 17.2 Å². The highest BCUT2D eigenvalue weighted by Gasteiger charge is 2.28. The van der Waals surface area contributed by atoms with Gasteiger partial charge in [0.25, 0.3) is 5.91 Å². The lowest BCUT2D eigenvalue weighted by atomic mass is 10.2. The third-order valence-corrected chi connectivity index (χ3v) is 5.97. The highest BCUT2D eigenvalue weighted by molar-refractivity contribution is 7.93. The molecule has 1 N–H and O–H groups in total. The largest absolute Gasteiger partial charge is 0.321 e. The number of amides is 1. The number of halogens is 3. The first-order valence-electron chi connectivity index (χ1n) is 7.34. The lowest BCUT2D eigenvalue weighted by Gasteiger charge is -2.18. The van der Waals surface area contributed by atoms with Crippen molar-refractivity contribution in [3.05, 3.63) is 58.6 Å². The molecule has 1 heterocycles. The van der Waals surface area contributed by atoms with Crippen LogP contribution in [0.4, 0.5) is 20.2 Å². The first kappa shape index (κ1) is 17.6. The van der Waals surface area contributed by atoms with Gasteiger partial charge in [-0.05, 0) is 42.8 Å². The molecule has 2 aromatic rings. The van der Waals surface area contributed by atoms with Gasteiger partial charge in [0, 0.05) is 12.1 Å². The molecule has 0 aromatic heterocycles. The quantitative estimate of drug-likeness (QED) is 0.879. The van der Waals surface area contributed by atoms with E-state index in [0.29, 0.717) is 18.7 Å². The molecule has 9 heteroatoms. The van der Waals surface area contributed by atoms with Gasteiger partial charge < -0.3 is 5.32 Å². The predicted molar refractivity (Wildman–Crippen MR) is 91.5 cm³/mol. The van der Waals surface area contributed by atoms with E-state index >= 15 is 0 Å². The van der Waals surface area contributed by atoms with Gasteiger partial charge in [-0.1, -0.05) is 11.6 Å². The van der Waals surface area contributed by atoms with Crippen LogP contribution in [0.3, 0.4) is 0 Å². The SMILES string of the molecule is O=C(Nc1cc(N2CCCS2(=O)=O)ccc1Cl)c1ccc(F)c(F)c1. The Morgan fingerprint density at radius 2 is 1.88 bits per heavy atom. The number of hydrogen-bond acceptors (Lipinski definition) is 3. The van der Waals surface area contributed by atoms with Crippen LogP contribution in [0.15, 0.2) is 36.4 Å². The molecule has 0 spiro atoms. The van der Waals surface area contributed by atoms with E-state index in [0.717, 1.165) is 18.2 Å². The Morgan fingerprint density at radius 3 is 2.52 bits per heavy atom. The molecule has 0 aliphatic carbocycles. The van der Waals surface area contributed by atoms with Gasteiger partial charge in [0.05, 0.1) is 22.2 Å². The van der Waals surface area contributed by atoms with Crippen molar-refractivity contribution in [3.8, 4) is 0 Å². The molecule has 0 saturated carbocycles. The second-order valence-corrected chi connectivity index (χ2v) is 7.91. The molecule has 0 radical (unpaired) electrons. The van der Waals surface area contributed by atoms with Crippen LogP contribution in [0.25, 0.3) is 0 Å². The van der Waals surface area contributed by atoms with E-state index in [1.807, 2.05) is 0 Å². The number of nitrogens with one attached hydrogen (secondary N) is 1. The van der Waals surface area contributed by atoms with E-state index in [1.165, 1.54) is 16.4 Å². The fourth-order valence-corrected chi connectivity index (χ4v) is 4.25. The van der Waals surface area contributed by atoms with Crippen LogP contribution in [0.2, 0.25) is 5.02 Å². The van der Waals surface area contributed by atoms with Gasteiger partial charge in [-0.3, -0.25) is 9.10 Å². The van der Waals surface area contributed by atoms with E-state index in [9.17, 15) is 22.0 Å². The van der Waals surface area contributed by atoms with Gasteiger partial charge in [0.1, 0.15) is 0 Å². The highest BCUT2D eigenvalue weighted by atomic mass is 35.5. The monoisotopic (exact) mass is 386 g/mol. The molecule has 0 atom stereocenters. The summed E-state index contributed by atoms with van der Waals surface area (Å²) in [5.74, 6) is -2.83. The maximum atomic E-state index is 13.3. The Kier molecular flexibility index (Phi) is 4.66. The van der Waals surface area contributed by atoms with Crippen molar-refractivity contribution in [2.75, 3.05) is 21.9 Å². The predicted octanol–water partition coefficient (Wildman–Crippen LogP) is 3.41. The molecular weight excluding hydrogens is 374 g/mol. The van der Waals surface area contributed by atoms with Crippen LogP contribution in [0, 0.1) is 11.6 Å². The maximum Gasteiger partial charge on any atom is 0.255 e. The molecule has 0 unspecified atom stereocenters.